The number of para-hydroxylation sites is 1. The average Bonchev–Trinajstić information content (AvgIpc) is 3.68. The van der Waals surface area contributed by atoms with Crippen molar-refractivity contribution in [2.75, 3.05) is 6.61 Å². The van der Waals surface area contributed by atoms with Gasteiger partial charge in [-0.2, -0.15) is 5.26 Å². The van der Waals surface area contributed by atoms with Crippen molar-refractivity contribution in [2.45, 2.75) is 57.7 Å². The minimum Gasteiger partial charge on any atom is -0.464 e. The van der Waals surface area contributed by atoms with Crippen LogP contribution in [-0.4, -0.2) is 43.0 Å². The van der Waals surface area contributed by atoms with Gasteiger partial charge in [-0.15, -0.1) is 0 Å². The third-order valence-corrected chi connectivity index (χ3v) is 10.0. The lowest BCUT2D eigenvalue weighted by Crippen LogP contribution is -2.59. The molecule has 2 aromatic carbocycles. The summed E-state index contributed by atoms with van der Waals surface area (Å²) in [6.45, 7) is 4.86. The highest BCUT2D eigenvalue weighted by molar-refractivity contribution is 6.47. The van der Waals surface area contributed by atoms with Gasteiger partial charge >= 0.3 is 13.2 Å². The minimum atomic E-state index is -0.576. The van der Waals surface area contributed by atoms with Gasteiger partial charge in [0, 0.05) is 18.0 Å². The third-order valence-electron chi connectivity index (χ3n) is 10.0. The molecule has 1 amide bonds. The number of furan rings is 1. The molecular weight excluding hydrogens is 565 g/mol. The molecule has 2 unspecified atom stereocenters. The maximum Gasteiger partial charge on any atom is 0.481 e. The number of rotatable bonds is 9. The molecule has 1 aliphatic heterocycles. The predicted molar refractivity (Wildman–Crippen MR) is 172 cm³/mol. The quantitative estimate of drug-likeness (QED) is 0.169. The number of nitrogens with one attached hydrogen (secondary N) is 1. The van der Waals surface area contributed by atoms with Gasteiger partial charge in [0.15, 0.2) is 0 Å². The number of benzene rings is 2. The van der Waals surface area contributed by atoms with Crippen molar-refractivity contribution in [1.82, 2.24) is 10.3 Å². The van der Waals surface area contributed by atoms with Crippen LogP contribution >= 0.6 is 0 Å². The van der Waals surface area contributed by atoms with Crippen molar-refractivity contribution in [3.8, 4) is 6.07 Å². The summed E-state index contributed by atoms with van der Waals surface area (Å²) in [6, 6.07) is 23.4. The van der Waals surface area contributed by atoms with E-state index in [1.165, 1.54) is 6.42 Å². The van der Waals surface area contributed by atoms with Crippen LogP contribution < -0.4 is 5.32 Å². The first-order valence-corrected chi connectivity index (χ1v) is 15.7. The molecule has 8 rings (SSSR count). The van der Waals surface area contributed by atoms with E-state index in [2.05, 4.69) is 30.2 Å². The zero-order valence-electron chi connectivity index (χ0n) is 25.5. The van der Waals surface area contributed by atoms with E-state index in [4.69, 9.17) is 18.5 Å². The first kappa shape index (κ1) is 29.3. The number of nitrogens with zero attached hydrogens (tertiary/aromatic N) is 2. The van der Waals surface area contributed by atoms with Gasteiger partial charge in [-0.3, -0.25) is 4.98 Å². The van der Waals surface area contributed by atoms with Crippen LogP contribution in [-0.2, 0) is 26.9 Å². The van der Waals surface area contributed by atoms with Gasteiger partial charge in [0.05, 0.1) is 42.3 Å². The summed E-state index contributed by atoms with van der Waals surface area (Å²) >= 11 is 0. The smallest absolute Gasteiger partial charge is 0.464 e. The Labute approximate surface area is 263 Å². The molecule has 228 valence electrons. The molecular formula is C36H36BN3O5. The molecule has 8 nitrogen and oxygen atoms in total. The van der Waals surface area contributed by atoms with Crippen molar-refractivity contribution < 1.29 is 23.3 Å². The van der Waals surface area contributed by atoms with E-state index < -0.39 is 19.2 Å². The van der Waals surface area contributed by atoms with E-state index in [1.54, 1.807) is 12.5 Å². The Morgan fingerprint density at radius 2 is 2.02 bits per heavy atom. The summed E-state index contributed by atoms with van der Waals surface area (Å²) in [6.07, 6.45) is 7.98. The van der Waals surface area contributed by atoms with Crippen molar-refractivity contribution >= 4 is 35.8 Å². The molecule has 0 radical (unpaired) electrons. The van der Waals surface area contributed by atoms with Crippen LogP contribution in [0, 0.1) is 28.6 Å². The number of ether oxygens (including phenoxy) is 1. The molecule has 5 atom stereocenters. The molecule has 2 aromatic heterocycles. The number of allylic oxidation sites excluding steroid dienone is 1. The molecule has 3 heterocycles. The lowest BCUT2D eigenvalue weighted by molar-refractivity contribution is -0.150. The zero-order chi connectivity index (χ0) is 31.0. The number of carbonyl (C=O) groups is 1. The number of aromatic nitrogens is 1. The fraction of sp³-hybridized carbons (Fsp3) is 0.361. The second kappa shape index (κ2) is 12.2. The van der Waals surface area contributed by atoms with Crippen molar-refractivity contribution in [1.29, 1.82) is 5.26 Å². The second-order valence-corrected chi connectivity index (χ2v) is 13.0. The van der Waals surface area contributed by atoms with Gasteiger partial charge in [-0.25, -0.2) is 4.79 Å². The van der Waals surface area contributed by atoms with E-state index >= 15 is 0 Å². The van der Waals surface area contributed by atoms with Gasteiger partial charge in [0.25, 0.3) is 0 Å². The van der Waals surface area contributed by atoms with Crippen LogP contribution in [0.3, 0.4) is 0 Å². The number of amides is 1. The number of alkyl carbamates (subject to hydrolysis) is 1. The summed E-state index contributed by atoms with van der Waals surface area (Å²) in [4.78, 5) is 17.5. The Kier molecular flexibility index (Phi) is 7.95. The van der Waals surface area contributed by atoms with Gasteiger partial charge in [-0.05, 0) is 77.5 Å². The van der Waals surface area contributed by atoms with E-state index in [1.807, 2.05) is 72.8 Å². The highest BCUT2D eigenvalue weighted by Gasteiger charge is 2.62. The Hall–Kier alpha value is -4.39. The SMILES string of the molecule is CC1(C)[C@H]2C[C@@H]1C1OB(C(Cc3coc4ccccc34)NC(=O)OCCc3cccc(C=C(C#N)c4ccccn4)c3)O[C@@H]1C2. The van der Waals surface area contributed by atoms with Crippen molar-refractivity contribution in [3.05, 3.63) is 102 Å². The molecule has 1 saturated heterocycles. The summed E-state index contributed by atoms with van der Waals surface area (Å²) in [5.41, 5.74) is 5.01. The topological polar surface area (TPSA) is 107 Å². The molecule has 3 saturated carbocycles. The lowest BCUT2D eigenvalue weighted by Gasteiger charge is -2.60. The monoisotopic (exact) mass is 601 g/mol. The maximum absolute atomic E-state index is 13.2. The van der Waals surface area contributed by atoms with Crippen LogP contribution in [0.15, 0.2) is 83.6 Å². The van der Waals surface area contributed by atoms with Crippen molar-refractivity contribution in [2.24, 2.45) is 17.3 Å². The van der Waals surface area contributed by atoms with Crippen LogP contribution in [0.5, 0.6) is 0 Å². The number of hydrogen-bond donors (Lipinski definition) is 1. The highest BCUT2D eigenvalue weighted by atomic mass is 16.7. The number of pyridine rings is 1. The summed E-state index contributed by atoms with van der Waals surface area (Å²) in [7, 11) is -0.576. The highest BCUT2D eigenvalue weighted by Crippen LogP contribution is 2.61. The number of carbonyl (C=O) groups excluding carboxylic acids is 1. The summed E-state index contributed by atoms with van der Waals surface area (Å²) < 4.78 is 24.5. The number of nitriles is 1. The molecule has 4 fully saturated rings. The molecule has 9 heteroatoms. The first-order valence-electron chi connectivity index (χ1n) is 15.7. The molecule has 4 aliphatic rings. The largest absolute Gasteiger partial charge is 0.481 e. The Bertz CT molecular complexity index is 1760. The zero-order valence-corrected chi connectivity index (χ0v) is 25.5. The molecule has 1 N–H and O–H groups in total. The van der Waals surface area contributed by atoms with Crippen LogP contribution in [0.4, 0.5) is 4.79 Å². The Balaban J connectivity index is 1.01. The van der Waals surface area contributed by atoms with Crippen LogP contribution in [0.1, 0.15) is 49.1 Å². The second-order valence-electron chi connectivity index (χ2n) is 13.0. The normalized spacial score (nSPS) is 23.9. The molecule has 2 bridgehead atoms. The minimum absolute atomic E-state index is 0.0389. The lowest BCUT2D eigenvalue weighted by atomic mass is 9.47. The molecule has 45 heavy (non-hydrogen) atoms. The molecule has 3 aliphatic carbocycles. The fourth-order valence-electron chi connectivity index (χ4n) is 7.34. The third kappa shape index (κ3) is 5.88. The van der Waals surface area contributed by atoms with Crippen molar-refractivity contribution in [3.63, 3.8) is 0 Å². The van der Waals surface area contributed by atoms with Crippen LogP contribution in [0.25, 0.3) is 22.6 Å². The molecule has 4 aromatic rings. The molecule has 0 spiro atoms. The average molecular weight is 602 g/mol. The predicted octanol–water partition coefficient (Wildman–Crippen LogP) is 6.65. The van der Waals surface area contributed by atoms with E-state index in [0.29, 0.717) is 35.9 Å². The summed E-state index contributed by atoms with van der Waals surface area (Å²) in [5, 5.41) is 13.7. The first-order chi connectivity index (χ1) is 21.9. The van der Waals surface area contributed by atoms with Gasteiger partial charge in [0.1, 0.15) is 11.7 Å². The Morgan fingerprint density at radius 3 is 2.84 bits per heavy atom. The van der Waals surface area contributed by atoms with E-state index in [9.17, 15) is 10.1 Å². The van der Waals surface area contributed by atoms with Gasteiger partial charge in [-0.1, -0.05) is 62.4 Å². The van der Waals surface area contributed by atoms with Crippen LogP contribution in [0.2, 0.25) is 0 Å². The van der Waals surface area contributed by atoms with E-state index in [0.717, 1.165) is 34.1 Å². The van der Waals surface area contributed by atoms with Gasteiger partial charge < -0.3 is 23.8 Å². The van der Waals surface area contributed by atoms with E-state index in [-0.39, 0.29) is 24.2 Å². The standard InChI is InChI=1S/C36H36BN3O5/c1-36(2)27-19-29(36)34-32(20-27)44-37(45-34)33(18-26-22-43-31-12-4-3-10-28(26)31)40-35(41)42-15-13-23-8-7-9-24(16-23)17-25(21-38)30-11-5-6-14-39-30/h3-12,14,16-17,22,27,29,32-34H,13,15,18-20H2,1-2H3,(H,40,41)/t27-,29+,32+,33?,34?/m0/s1. The Morgan fingerprint density at radius 1 is 1.16 bits per heavy atom. The summed E-state index contributed by atoms with van der Waals surface area (Å²) in [5.74, 6) is 0.664. The fourth-order valence-corrected chi connectivity index (χ4v) is 7.34. The van der Waals surface area contributed by atoms with Gasteiger partial charge in [0.2, 0.25) is 0 Å². The maximum atomic E-state index is 13.2. The number of hydrogen-bond acceptors (Lipinski definition) is 7. The number of fused-ring (bicyclic) bond motifs is 1.